The molecule has 0 fully saturated rings. The first-order chi connectivity index (χ1) is 8.24. The lowest BCUT2D eigenvalue weighted by atomic mass is 10.0. The second-order valence-corrected chi connectivity index (χ2v) is 5.03. The van der Waals surface area contributed by atoms with Gasteiger partial charge in [0.05, 0.1) is 6.04 Å². The lowest BCUT2D eigenvalue weighted by Gasteiger charge is -2.14. The van der Waals surface area contributed by atoms with E-state index in [2.05, 4.69) is 46.9 Å². The zero-order chi connectivity index (χ0) is 12.3. The van der Waals surface area contributed by atoms with Gasteiger partial charge in [-0.15, -0.1) is 11.3 Å². The molecule has 0 aliphatic heterocycles. The van der Waals surface area contributed by atoms with Crippen LogP contribution in [0, 0.1) is 6.92 Å². The highest BCUT2D eigenvalue weighted by Crippen LogP contribution is 2.25. The molecule has 17 heavy (non-hydrogen) atoms. The van der Waals surface area contributed by atoms with Gasteiger partial charge in [0.25, 0.3) is 0 Å². The summed E-state index contributed by atoms with van der Waals surface area (Å²) in [4.78, 5) is 4.56. The Hall–Kier alpha value is -1.19. The minimum absolute atomic E-state index is 0.208. The monoisotopic (exact) mass is 246 g/mol. The Balaban J connectivity index is 2.28. The molecule has 0 bridgehead atoms. The molecule has 0 saturated heterocycles. The predicted octanol–water partition coefficient (Wildman–Crippen LogP) is 3.32. The summed E-state index contributed by atoms with van der Waals surface area (Å²) in [5.41, 5.74) is 3.74. The maximum atomic E-state index is 4.56. The van der Waals surface area contributed by atoms with Crippen LogP contribution in [-0.2, 0) is 6.42 Å². The van der Waals surface area contributed by atoms with Crippen molar-refractivity contribution in [1.82, 2.24) is 10.3 Å². The Bertz CT molecular complexity index is 473. The topological polar surface area (TPSA) is 24.9 Å². The van der Waals surface area contributed by atoms with E-state index < -0.39 is 0 Å². The van der Waals surface area contributed by atoms with Crippen molar-refractivity contribution in [2.24, 2.45) is 0 Å². The van der Waals surface area contributed by atoms with E-state index in [0.717, 1.165) is 17.1 Å². The molecule has 2 rings (SSSR count). The molecule has 2 aromatic rings. The zero-order valence-electron chi connectivity index (χ0n) is 10.5. The molecule has 1 aromatic carbocycles. The third-order valence-corrected chi connectivity index (χ3v) is 3.92. The predicted molar refractivity (Wildman–Crippen MR) is 73.6 cm³/mol. The van der Waals surface area contributed by atoms with E-state index in [0.29, 0.717) is 0 Å². The molecular formula is C14H18N2S. The van der Waals surface area contributed by atoms with E-state index in [1.54, 1.807) is 11.3 Å². The number of thiazole rings is 1. The number of aromatic nitrogens is 1. The summed E-state index contributed by atoms with van der Waals surface area (Å²) in [7, 11) is 1.98. The number of benzene rings is 1. The highest BCUT2D eigenvalue weighted by atomic mass is 32.1. The van der Waals surface area contributed by atoms with Gasteiger partial charge in [0.2, 0.25) is 0 Å². The van der Waals surface area contributed by atoms with Gasteiger partial charge in [-0.05, 0) is 31.5 Å². The van der Waals surface area contributed by atoms with Crippen molar-refractivity contribution in [3.8, 4) is 0 Å². The number of nitrogens with zero attached hydrogens (tertiary/aromatic N) is 1. The number of aryl methyl sites for hydroxylation is 2. The average Bonchev–Trinajstić information content (AvgIpc) is 2.78. The molecular weight excluding hydrogens is 228 g/mol. The van der Waals surface area contributed by atoms with Crippen LogP contribution in [0.5, 0.6) is 0 Å². The van der Waals surface area contributed by atoms with Gasteiger partial charge in [0, 0.05) is 11.1 Å². The lowest BCUT2D eigenvalue weighted by Crippen LogP contribution is -2.17. The van der Waals surface area contributed by atoms with Gasteiger partial charge in [0.1, 0.15) is 5.01 Å². The minimum atomic E-state index is 0.208. The maximum absolute atomic E-state index is 4.56. The fraction of sp³-hybridized carbons (Fsp3) is 0.357. The van der Waals surface area contributed by atoms with Crippen LogP contribution in [0.2, 0.25) is 0 Å². The maximum Gasteiger partial charge on any atom is 0.114 e. The molecule has 0 spiro atoms. The minimum Gasteiger partial charge on any atom is -0.307 e. The summed E-state index contributed by atoms with van der Waals surface area (Å²) < 4.78 is 0. The van der Waals surface area contributed by atoms with E-state index in [1.807, 2.05) is 14.0 Å². The lowest BCUT2D eigenvalue weighted by molar-refractivity contribution is 0.684. The Morgan fingerprint density at radius 1 is 1.29 bits per heavy atom. The Morgan fingerprint density at radius 2 is 2.00 bits per heavy atom. The molecule has 0 saturated carbocycles. The average molecular weight is 246 g/mol. The van der Waals surface area contributed by atoms with Crippen LogP contribution >= 0.6 is 11.3 Å². The molecule has 90 valence electrons. The quantitative estimate of drug-likeness (QED) is 0.895. The highest BCUT2D eigenvalue weighted by Gasteiger charge is 2.14. The molecule has 1 aromatic heterocycles. The van der Waals surface area contributed by atoms with Crippen LogP contribution < -0.4 is 5.32 Å². The number of rotatable bonds is 4. The van der Waals surface area contributed by atoms with Gasteiger partial charge < -0.3 is 5.32 Å². The van der Waals surface area contributed by atoms with Crippen LogP contribution in [0.4, 0.5) is 0 Å². The van der Waals surface area contributed by atoms with E-state index >= 15 is 0 Å². The van der Waals surface area contributed by atoms with E-state index in [4.69, 9.17) is 0 Å². The summed E-state index contributed by atoms with van der Waals surface area (Å²) >= 11 is 1.71. The van der Waals surface area contributed by atoms with Crippen molar-refractivity contribution in [3.05, 3.63) is 51.5 Å². The molecule has 0 aliphatic rings. The SMILES string of the molecule is CCc1ccc(C(NC)c2nc(C)cs2)cc1. The zero-order valence-corrected chi connectivity index (χ0v) is 11.3. The molecule has 2 nitrogen and oxygen atoms in total. The van der Waals surface area contributed by atoms with Crippen LogP contribution in [0.25, 0.3) is 0 Å². The largest absolute Gasteiger partial charge is 0.307 e. The van der Waals surface area contributed by atoms with Gasteiger partial charge in [-0.25, -0.2) is 4.98 Å². The third-order valence-electron chi connectivity index (χ3n) is 2.89. The molecule has 1 N–H and O–H groups in total. The van der Waals surface area contributed by atoms with Crippen molar-refractivity contribution in [3.63, 3.8) is 0 Å². The number of nitrogens with one attached hydrogen (secondary N) is 1. The van der Waals surface area contributed by atoms with Gasteiger partial charge in [-0.3, -0.25) is 0 Å². The van der Waals surface area contributed by atoms with Crippen LogP contribution in [0.1, 0.15) is 34.8 Å². The van der Waals surface area contributed by atoms with Crippen LogP contribution in [0.3, 0.4) is 0 Å². The second kappa shape index (κ2) is 5.43. The molecule has 1 unspecified atom stereocenters. The Morgan fingerprint density at radius 3 is 2.47 bits per heavy atom. The smallest absolute Gasteiger partial charge is 0.114 e. The normalized spacial score (nSPS) is 12.6. The van der Waals surface area contributed by atoms with E-state index in [9.17, 15) is 0 Å². The van der Waals surface area contributed by atoms with Crippen LogP contribution in [0.15, 0.2) is 29.6 Å². The number of hydrogen-bond acceptors (Lipinski definition) is 3. The second-order valence-electron chi connectivity index (χ2n) is 4.14. The molecule has 0 aliphatic carbocycles. The van der Waals surface area contributed by atoms with Gasteiger partial charge in [-0.1, -0.05) is 31.2 Å². The first-order valence-corrected chi connectivity index (χ1v) is 6.80. The van der Waals surface area contributed by atoms with Gasteiger partial charge in [0.15, 0.2) is 0 Å². The summed E-state index contributed by atoms with van der Waals surface area (Å²) in [6.45, 7) is 4.21. The van der Waals surface area contributed by atoms with Gasteiger partial charge >= 0.3 is 0 Å². The van der Waals surface area contributed by atoms with Crippen molar-refractivity contribution in [2.75, 3.05) is 7.05 Å². The standard InChI is InChI=1S/C14H18N2S/c1-4-11-5-7-12(8-6-11)13(15-3)14-16-10(2)9-17-14/h5-9,13,15H,4H2,1-3H3. The molecule has 1 atom stereocenters. The van der Waals surface area contributed by atoms with E-state index in [1.165, 1.54) is 11.1 Å². The molecule has 1 heterocycles. The Kier molecular flexibility index (Phi) is 3.92. The highest BCUT2D eigenvalue weighted by molar-refractivity contribution is 7.09. The number of hydrogen-bond donors (Lipinski definition) is 1. The summed E-state index contributed by atoms with van der Waals surface area (Å²) in [6, 6.07) is 8.98. The van der Waals surface area contributed by atoms with Crippen molar-refractivity contribution < 1.29 is 0 Å². The van der Waals surface area contributed by atoms with Gasteiger partial charge in [-0.2, -0.15) is 0 Å². The first-order valence-electron chi connectivity index (χ1n) is 5.92. The molecule has 0 amide bonds. The van der Waals surface area contributed by atoms with Crippen LogP contribution in [-0.4, -0.2) is 12.0 Å². The molecule has 3 heteroatoms. The van der Waals surface area contributed by atoms with Crippen molar-refractivity contribution in [2.45, 2.75) is 26.3 Å². The van der Waals surface area contributed by atoms with Crippen molar-refractivity contribution in [1.29, 1.82) is 0 Å². The summed E-state index contributed by atoms with van der Waals surface area (Å²) in [5.74, 6) is 0. The first kappa shape index (κ1) is 12.3. The third kappa shape index (κ3) is 2.73. The molecule has 0 radical (unpaired) electrons. The summed E-state index contributed by atoms with van der Waals surface area (Å²) in [6.07, 6.45) is 1.08. The summed E-state index contributed by atoms with van der Waals surface area (Å²) in [5, 5.41) is 6.56. The fourth-order valence-corrected chi connectivity index (χ4v) is 2.81. The Labute approximate surface area is 107 Å². The van der Waals surface area contributed by atoms with E-state index in [-0.39, 0.29) is 6.04 Å². The fourth-order valence-electron chi connectivity index (χ4n) is 1.88. The van der Waals surface area contributed by atoms with Crippen molar-refractivity contribution >= 4 is 11.3 Å².